The number of hydrogen-bond donors (Lipinski definition) is 3. The van der Waals surface area contributed by atoms with Crippen molar-refractivity contribution in [3.05, 3.63) is 96.6 Å². The summed E-state index contributed by atoms with van der Waals surface area (Å²) in [5.74, 6) is 2.48. The molecule has 2 amide bonds. The number of hydrogen-bond acceptors (Lipinski definition) is 11. The summed E-state index contributed by atoms with van der Waals surface area (Å²) in [7, 11) is -4.55. The molecule has 2 fully saturated rings. The van der Waals surface area contributed by atoms with E-state index in [0.29, 0.717) is 34.6 Å². The number of nitrogens with one attached hydrogen (secondary N) is 2. The zero-order valence-electron chi connectivity index (χ0n) is 42.4. The van der Waals surface area contributed by atoms with Crippen molar-refractivity contribution < 1.29 is 35.9 Å². The summed E-state index contributed by atoms with van der Waals surface area (Å²) in [5.41, 5.74) is 10.6. The van der Waals surface area contributed by atoms with Crippen LogP contribution in [0.5, 0.6) is 0 Å². The first kappa shape index (κ1) is 54.4. The summed E-state index contributed by atoms with van der Waals surface area (Å²) in [6, 6.07) is 23.4. The molecule has 2 aromatic heterocycles. The third-order valence-corrected chi connectivity index (χ3v) is 17.1. The molecule has 8 rings (SSSR count). The molecule has 17 nitrogen and oxygen atoms in total. The minimum Gasteiger partial charge on any atom is -0.381 e. The van der Waals surface area contributed by atoms with Crippen LogP contribution in [0.1, 0.15) is 78.9 Å². The van der Waals surface area contributed by atoms with Gasteiger partial charge in [-0.1, -0.05) is 57.5 Å². The number of ether oxygens (including phenoxy) is 2. The van der Waals surface area contributed by atoms with E-state index >= 15 is 0 Å². The first-order chi connectivity index (χ1) is 34.0. The normalized spacial score (nSPS) is 15.2. The molecule has 0 unspecified atom stereocenters. The molecular formula is C52H68BrN9O8S2. The van der Waals surface area contributed by atoms with Crippen molar-refractivity contribution in [3.8, 4) is 0 Å². The van der Waals surface area contributed by atoms with Gasteiger partial charge in [-0.25, -0.2) is 26.8 Å². The Morgan fingerprint density at radius 1 is 0.625 bits per heavy atom. The number of halogens is 1. The maximum Gasteiger partial charge on any atom is 0.264 e. The number of carbonyl (C=O) groups excluding carboxylic acids is 2. The summed E-state index contributed by atoms with van der Waals surface area (Å²) in [6.07, 6.45) is 4.11. The van der Waals surface area contributed by atoms with E-state index in [1.807, 2.05) is 36.4 Å². The van der Waals surface area contributed by atoms with E-state index < -0.39 is 20.0 Å². The zero-order chi connectivity index (χ0) is 52.2. The Balaban J connectivity index is 0.000000211. The van der Waals surface area contributed by atoms with Gasteiger partial charge >= 0.3 is 0 Å². The van der Waals surface area contributed by atoms with Crippen molar-refractivity contribution in [2.45, 2.75) is 101 Å². The van der Waals surface area contributed by atoms with Crippen LogP contribution < -0.4 is 25.0 Å². The van der Waals surface area contributed by atoms with Gasteiger partial charge in [0, 0.05) is 75.8 Å². The van der Waals surface area contributed by atoms with Gasteiger partial charge in [-0.15, -0.1) is 0 Å². The highest BCUT2D eigenvalue weighted by Gasteiger charge is 2.30. The Bertz CT molecular complexity index is 2890. The van der Waals surface area contributed by atoms with Gasteiger partial charge in [0.25, 0.3) is 20.0 Å². The molecule has 0 saturated carbocycles. The molecule has 388 valence electrons. The molecule has 72 heavy (non-hydrogen) atoms. The highest BCUT2D eigenvalue weighted by molar-refractivity contribution is 9.09. The Kier molecular flexibility index (Phi) is 16.9. The summed E-state index contributed by atoms with van der Waals surface area (Å²) in [6.45, 7) is 17.6. The molecule has 0 aliphatic carbocycles. The third-order valence-electron chi connectivity index (χ3n) is 13.0. The molecule has 0 spiro atoms. The van der Waals surface area contributed by atoms with Crippen molar-refractivity contribution in [2.75, 3.05) is 71.6 Å². The number of rotatable bonds is 14. The number of nitrogens with zero attached hydrogens (tertiary/aromatic N) is 6. The molecule has 20 heteroatoms. The van der Waals surface area contributed by atoms with Crippen LogP contribution in [0.2, 0.25) is 0 Å². The third kappa shape index (κ3) is 12.5. The van der Waals surface area contributed by atoms with Crippen molar-refractivity contribution in [2.24, 2.45) is 17.6 Å². The molecule has 2 aliphatic rings. The van der Waals surface area contributed by atoms with E-state index in [2.05, 4.69) is 77.2 Å². The maximum absolute atomic E-state index is 13.3. The monoisotopic (exact) mass is 1090 g/mol. The number of benzene rings is 4. The molecule has 4 aromatic carbocycles. The second-order valence-corrected chi connectivity index (χ2v) is 25.0. The lowest BCUT2D eigenvalue weighted by Crippen LogP contribution is -2.26. The SMILES string of the molecule is CN(c1ccc2c(c1)nc(C(C)(C)C)n2CC1CCOCC1)S(=O)(=O)c1ccc(NC(=O)CBr)cc1.CN(c1ccc2c(c1)nc(C(C)(C)C)n2CC1CCOCC1)S(=O)(=O)c1ccc(NC(=O)CN)cc1. The fourth-order valence-corrected chi connectivity index (χ4v) is 11.5. The van der Waals surface area contributed by atoms with Crippen LogP contribution >= 0.6 is 15.9 Å². The van der Waals surface area contributed by atoms with Crippen molar-refractivity contribution in [1.29, 1.82) is 0 Å². The van der Waals surface area contributed by atoms with Crippen LogP contribution in [0.3, 0.4) is 0 Å². The van der Waals surface area contributed by atoms with Crippen molar-refractivity contribution in [3.63, 3.8) is 0 Å². The van der Waals surface area contributed by atoms with Gasteiger partial charge in [0.2, 0.25) is 11.8 Å². The highest BCUT2D eigenvalue weighted by atomic mass is 79.9. The summed E-state index contributed by atoms with van der Waals surface area (Å²) in [4.78, 5) is 33.2. The first-order valence-corrected chi connectivity index (χ1v) is 28.2. The van der Waals surface area contributed by atoms with E-state index in [-0.39, 0.29) is 44.3 Å². The number of anilines is 4. The fraction of sp³-hybridized carbons (Fsp3) is 0.462. The molecule has 4 heterocycles. The predicted octanol–water partition coefficient (Wildman–Crippen LogP) is 8.40. The van der Waals surface area contributed by atoms with E-state index in [1.165, 1.54) is 39.9 Å². The summed E-state index contributed by atoms with van der Waals surface area (Å²) in [5, 5.41) is 5.47. The minimum absolute atomic E-state index is 0.122. The van der Waals surface area contributed by atoms with Gasteiger partial charge in [-0.3, -0.25) is 18.2 Å². The van der Waals surface area contributed by atoms with E-state index in [1.54, 1.807) is 31.3 Å². The van der Waals surface area contributed by atoms with Crippen LogP contribution in [0, 0.1) is 11.8 Å². The number of imidazole rings is 2. The van der Waals surface area contributed by atoms with E-state index in [9.17, 15) is 26.4 Å². The Hall–Kier alpha value is -5.38. The lowest BCUT2D eigenvalue weighted by atomic mass is 9.94. The average molecular weight is 1090 g/mol. The molecule has 0 radical (unpaired) electrons. The minimum atomic E-state index is -3.82. The molecule has 2 aliphatic heterocycles. The van der Waals surface area contributed by atoms with Crippen LogP contribution in [0.25, 0.3) is 22.1 Å². The number of alkyl halides is 1. The second kappa shape index (κ2) is 22.4. The molecule has 2 saturated heterocycles. The quantitative estimate of drug-likeness (QED) is 0.0881. The number of amides is 2. The Morgan fingerprint density at radius 3 is 1.32 bits per heavy atom. The van der Waals surface area contributed by atoms with Crippen molar-refractivity contribution >= 4 is 92.6 Å². The number of nitrogens with two attached hydrogens (primary N) is 1. The lowest BCUT2D eigenvalue weighted by molar-refractivity contribution is -0.115. The van der Waals surface area contributed by atoms with Gasteiger partial charge in [0.05, 0.1) is 55.1 Å². The molecule has 0 atom stereocenters. The van der Waals surface area contributed by atoms with Crippen LogP contribution in [0.4, 0.5) is 22.7 Å². The zero-order valence-corrected chi connectivity index (χ0v) is 45.7. The van der Waals surface area contributed by atoms with Gasteiger partial charge in [0.15, 0.2) is 0 Å². The lowest BCUT2D eigenvalue weighted by Gasteiger charge is -2.26. The molecule has 6 aromatic rings. The fourth-order valence-electron chi connectivity index (χ4n) is 8.94. The Labute approximate surface area is 432 Å². The first-order valence-electron chi connectivity index (χ1n) is 24.2. The standard InChI is InChI=1S/C26H33BrN4O4S.C26H35N5O4S/c2*1-26(2,3)25-29-22-15-20(7-10-23(22)31(25)17-18-11-13-35-14-12-18)30(4)36(33,34)21-8-5-19(6-9-21)28-24(32)16-27/h5-10,15,18H,11-14,16-17H2,1-4H3,(H,28,32);5-10,15,18H,11-14,16-17,27H2,1-4H3,(H,28,32). The topological polar surface area (TPSA) is 213 Å². The van der Waals surface area contributed by atoms with E-state index in [4.69, 9.17) is 25.2 Å². The smallest absolute Gasteiger partial charge is 0.264 e. The predicted molar refractivity (Wildman–Crippen MR) is 288 cm³/mol. The average Bonchev–Trinajstić information content (AvgIpc) is 3.92. The molecule has 4 N–H and O–H groups in total. The van der Waals surface area contributed by atoms with Crippen molar-refractivity contribution in [1.82, 2.24) is 19.1 Å². The van der Waals surface area contributed by atoms with Gasteiger partial charge in [-0.05, 0) is 122 Å². The molecule has 0 bridgehead atoms. The highest BCUT2D eigenvalue weighted by Crippen LogP contribution is 2.35. The molecular weight excluding hydrogens is 1020 g/mol. The maximum atomic E-state index is 13.3. The van der Waals surface area contributed by atoms with Crippen LogP contribution in [0.15, 0.2) is 94.7 Å². The van der Waals surface area contributed by atoms with Gasteiger partial charge in [0.1, 0.15) is 11.6 Å². The van der Waals surface area contributed by atoms with Crippen LogP contribution in [-0.4, -0.2) is 100 Å². The largest absolute Gasteiger partial charge is 0.381 e. The Morgan fingerprint density at radius 2 is 0.986 bits per heavy atom. The summed E-state index contributed by atoms with van der Waals surface area (Å²) >= 11 is 3.10. The number of carbonyl (C=O) groups is 2. The number of sulfonamides is 2. The number of aromatic nitrogens is 4. The van der Waals surface area contributed by atoms with Gasteiger partial charge in [-0.2, -0.15) is 0 Å². The number of fused-ring (bicyclic) bond motifs is 2. The van der Waals surface area contributed by atoms with Crippen LogP contribution in [-0.2, 0) is 63.0 Å². The second-order valence-electron chi connectivity index (χ2n) is 20.5. The van der Waals surface area contributed by atoms with Gasteiger partial charge < -0.3 is 35.0 Å². The van der Waals surface area contributed by atoms with E-state index in [0.717, 1.165) is 98.9 Å². The summed E-state index contributed by atoms with van der Waals surface area (Å²) < 4.78 is 71.5.